The lowest BCUT2D eigenvalue weighted by molar-refractivity contribution is 0.172. The Morgan fingerprint density at radius 2 is 2.04 bits per heavy atom. The molecule has 0 aliphatic heterocycles. The molecule has 0 radical (unpaired) electrons. The third-order valence-electron chi connectivity index (χ3n) is 4.14. The summed E-state index contributed by atoms with van der Waals surface area (Å²) < 4.78 is 6.13. The van der Waals surface area contributed by atoms with E-state index in [9.17, 15) is 0 Å². The van der Waals surface area contributed by atoms with Crippen LogP contribution < -0.4 is 0 Å². The predicted molar refractivity (Wildman–Crippen MR) is 104 cm³/mol. The summed E-state index contributed by atoms with van der Waals surface area (Å²) in [6.45, 7) is 13.8. The Morgan fingerprint density at radius 1 is 1.30 bits per heavy atom. The van der Waals surface area contributed by atoms with Crippen molar-refractivity contribution in [1.29, 1.82) is 0 Å². The van der Waals surface area contributed by atoms with Gasteiger partial charge in [0.05, 0.1) is 13.0 Å². The van der Waals surface area contributed by atoms with Crippen LogP contribution in [-0.2, 0) is 4.74 Å². The van der Waals surface area contributed by atoms with Gasteiger partial charge in [0.15, 0.2) is 0 Å². The van der Waals surface area contributed by atoms with Gasteiger partial charge in [0.2, 0.25) is 0 Å². The summed E-state index contributed by atoms with van der Waals surface area (Å²) in [4.78, 5) is 0. The molecule has 2 atom stereocenters. The summed E-state index contributed by atoms with van der Waals surface area (Å²) in [6.07, 6.45) is 8.50. The molecule has 0 fully saturated rings. The summed E-state index contributed by atoms with van der Waals surface area (Å²) in [5.74, 6) is 1.09. The molecule has 0 heterocycles. The summed E-state index contributed by atoms with van der Waals surface area (Å²) in [7, 11) is -0.0209. The van der Waals surface area contributed by atoms with E-state index in [1.165, 1.54) is 28.4 Å². The second-order valence-electron chi connectivity index (χ2n) is 6.65. The van der Waals surface area contributed by atoms with E-state index < -0.39 is 0 Å². The predicted octanol–water partition coefficient (Wildman–Crippen LogP) is 6.04. The molecule has 0 amide bonds. The first-order valence-electron chi connectivity index (χ1n) is 8.43. The minimum absolute atomic E-state index is 0.0209. The number of rotatable bonds is 8. The Kier molecular flexibility index (Phi) is 6.81. The highest BCUT2D eigenvalue weighted by Crippen LogP contribution is 2.43. The SMILES string of the molecule is C=CC1=C(/C=C\C)C(COCP(C)CC(C)C)c2ccccc21. The third-order valence-corrected chi connectivity index (χ3v) is 6.11. The lowest BCUT2D eigenvalue weighted by atomic mass is 9.96. The van der Waals surface area contributed by atoms with Crippen molar-refractivity contribution in [3.8, 4) is 0 Å². The van der Waals surface area contributed by atoms with Crippen molar-refractivity contribution in [2.45, 2.75) is 26.7 Å². The normalized spacial score (nSPS) is 18.7. The maximum absolute atomic E-state index is 6.13. The summed E-state index contributed by atoms with van der Waals surface area (Å²) in [5, 5.41) is 0. The van der Waals surface area contributed by atoms with Crippen molar-refractivity contribution < 1.29 is 4.74 Å². The first kappa shape index (κ1) is 18.2. The van der Waals surface area contributed by atoms with Gasteiger partial charge < -0.3 is 4.74 Å². The minimum Gasteiger partial charge on any atom is -0.376 e. The van der Waals surface area contributed by atoms with Crippen molar-refractivity contribution >= 4 is 13.5 Å². The molecule has 0 bridgehead atoms. The highest BCUT2D eigenvalue weighted by Gasteiger charge is 2.28. The Labute approximate surface area is 142 Å². The van der Waals surface area contributed by atoms with E-state index in [2.05, 4.69) is 70.4 Å². The molecule has 23 heavy (non-hydrogen) atoms. The fraction of sp³-hybridized carbons (Fsp3) is 0.429. The fourth-order valence-electron chi connectivity index (χ4n) is 3.35. The lowest BCUT2D eigenvalue weighted by Gasteiger charge is -2.19. The van der Waals surface area contributed by atoms with Gasteiger partial charge in [-0.2, -0.15) is 0 Å². The van der Waals surface area contributed by atoms with Crippen molar-refractivity contribution in [3.63, 3.8) is 0 Å². The molecule has 1 aromatic carbocycles. The maximum atomic E-state index is 6.13. The Bertz CT molecular complexity index is 598. The lowest BCUT2D eigenvalue weighted by Crippen LogP contribution is -2.09. The number of hydrogen-bond acceptors (Lipinski definition) is 1. The Balaban J connectivity index is 2.13. The molecule has 1 nitrogen and oxygen atoms in total. The number of fused-ring (bicyclic) bond motifs is 1. The smallest absolute Gasteiger partial charge is 0.0657 e. The highest BCUT2D eigenvalue weighted by molar-refractivity contribution is 7.56. The van der Waals surface area contributed by atoms with E-state index in [-0.39, 0.29) is 7.92 Å². The van der Waals surface area contributed by atoms with Crippen LogP contribution in [0.1, 0.15) is 37.8 Å². The number of benzene rings is 1. The van der Waals surface area contributed by atoms with E-state index in [0.29, 0.717) is 5.92 Å². The van der Waals surface area contributed by atoms with Crippen LogP contribution in [0.5, 0.6) is 0 Å². The van der Waals surface area contributed by atoms with Crippen molar-refractivity contribution in [2.75, 3.05) is 25.8 Å². The van der Waals surface area contributed by atoms with Crippen LogP contribution >= 0.6 is 7.92 Å². The fourth-order valence-corrected chi connectivity index (χ4v) is 5.12. The van der Waals surface area contributed by atoms with Gasteiger partial charge in [-0.1, -0.05) is 70.8 Å². The molecule has 2 unspecified atom stereocenters. The average Bonchev–Trinajstić information content (AvgIpc) is 2.80. The average molecular weight is 328 g/mol. The number of ether oxygens (including phenoxy) is 1. The molecule has 0 saturated carbocycles. The van der Waals surface area contributed by atoms with Crippen LogP contribution in [-0.4, -0.2) is 25.8 Å². The Hall–Kier alpha value is -1.17. The van der Waals surface area contributed by atoms with Crippen LogP contribution in [0.25, 0.3) is 5.57 Å². The molecule has 1 aromatic rings. The van der Waals surface area contributed by atoms with E-state index >= 15 is 0 Å². The van der Waals surface area contributed by atoms with Crippen LogP contribution in [0.15, 0.2) is 54.6 Å². The third kappa shape index (κ3) is 4.43. The van der Waals surface area contributed by atoms with Gasteiger partial charge in [-0.25, -0.2) is 0 Å². The van der Waals surface area contributed by atoms with Crippen LogP contribution in [0.4, 0.5) is 0 Å². The molecular weight excluding hydrogens is 299 g/mol. The molecule has 1 aliphatic rings. The molecule has 124 valence electrons. The van der Waals surface area contributed by atoms with Gasteiger partial charge in [-0.05, 0) is 47.9 Å². The van der Waals surface area contributed by atoms with Crippen LogP contribution in [0, 0.1) is 5.92 Å². The maximum Gasteiger partial charge on any atom is 0.0657 e. The van der Waals surface area contributed by atoms with E-state index in [4.69, 9.17) is 4.74 Å². The van der Waals surface area contributed by atoms with Gasteiger partial charge in [-0.15, -0.1) is 0 Å². The monoisotopic (exact) mass is 328 g/mol. The molecule has 0 N–H and O–H groups in total. The van der Waals surface area contributed by atoms with E-state index in [0.717, 1.165) is 18.9 Å². The summed E-state index contributed by atoms with van der Waals surface area (Å²) in [5.41, 5.74) is 5.28. The van der Waals surface area contributed by atoms with E-state index in [1.54, 1.807) is 0 Å². The van der Waals surface area contributed by atoms with Crippen molar-refractivity contribution in [2.24, 2.45) is 5.92 Å². The molecular formula is C21H29OP. The molecule has 2 heteroatoms. The molecule has 0 spiro atoms. The molecule has 2 rings (SSSR count). The van der Waals surface area contributed by atoms with Gasteiger partial charge in [0.25, 0.3) is 0 Å². The van der Waals surface area contributed by atoms with Gasteiger partial charge >= 0.3 is 0 Å². The van der Waals surface area contributed by atoms with E-state index in [1.807, 2.05) is 6.08 Å². The molecule has 0 saturated heterocycles. The second kappa shape index (κ2) is 8.62. The quantitative estimate of drug-likeness (QED) is 0.528. The Morgan fingerprint density at radius 3 is 2.70 bits per heavy atom. The molecule has 1 aliphatic carbocycles. The zero-order valence-corrected chi connectivity index (χ0v) is 15.8. The molecule has 0 aromatic heterocycles. The number of allylic oxidation sites excluding steroid dienone is 4. The van der Waals surface area contributed by atoms with Gasteiger partial charge in [-0.3, -0.25) is 0 Å². The first-order chi connectivity index (χ1) is 11.1. The highest BCUT2D eigenvalue weighted by atomic mass is 31.1. The van der Waals surface area contributed by atoms with Gasteiger partial charge in [0.1, 0.15) is 0 Å². The van der Waals surface area contributed by atoms with Crippen molar-refractivity contribution in [1.82, 2.24) is 0 Å². The summed E-state index contributed by atoms with van der Waals surface area (Å²) >= 11 is 0. The second-order valence-corrected chi connectivity index (χ2v) is 8.98. The first-order valence-corrected chi connectivity index (χ1v) is 10.6. The zero-order chi connectivity index (χ0) is 16.8. The largest absolute Gasteiger partial charge is 0.376 e. The topological polar surface area (TPSA) is 9.23 Å². The standard InChI is InChI=1S/C21H29OP/c1-6-10-18-17(7-2)19-11-8-9-12-20(19)21(18)13-22-15-23(5)14-16(3)4/h6-12,16,21H,2,13-15H2,1,3-5H3/b10-6-. The van der Waals surface area contributed by atoms with Crippen molar-refractivity contribution in [3.05, 3.63) is 65.8 Å². The zero-order valence-electron chi connectivity index (χ0n) is 14.9. The van der Waals surface area contributed by atoms with Crippen LogP contribution in [0.2, 0.25) is 0 Å². The minimum atomic E-state index is -0.0209. The number of hydrogen-bond donors (Lipinski definition) is 0. The summed E-state index contributed by atoms with van der Waals surface area (Å²) in [6, 6.07) is 8.65. The van der Waals surface area contributed by atoms with Crippen LogP contribution in [0.3, 0.4) is 0 Å². The van der Waals surface area contributed by atoms with Gasteiger partial charge in [0, 0.05) is 5.92 Å².